The Morgan fingerprint density at radius 1 is 1.20 bits per heavy atom. The lowest BCUT2D eigenvalue weighted by Gasteiger charge is -2.35. The number of nitrogens with zero attached hydrogens (tertiary/aromatic N) is 4. The third-order valence-electron chi connectivity index (χ3n) is 3.65. The van der Waals surface area contributed by atoms with Crippen LogP contribution in [0, 0.1) is 0 Å². The summed E-state index contributed by atoms with van der Waals surface area (Å²) in [5.41, 5.74) is 0.847. The van der Waals surface area contributed by atoms with Crippen LogP contribution in [0.1, 0.15) is 12.8 Å². The molecule has 0 aliphatic carbocycles. The lowest BCUT2D eigenvalue weighted by molar-refractivity contribution is -0.0574. The Hall–Kier alpha value is -1.79. The molecule has 0 radical (unpaired) electrons. The van der Waals surface area contributed by atoms with E-state index in [-0.39, 0.29) is 0 Å². The maximum absolute atomic E-state index is 10.5. The second-order valence-electron chi connectivity index (χ2n) is 5.29. The second kappa shape index (κ2) is 5.30. The van der Waals surface area contributed by atoms with Crippen LogP contribution >= 0.6 is 0 Å². The molecule has 0 unspecified atom stereocenters. The van der Waals surface area contributed by atoms with E-state index in [4.69, 9.17) is 4.74 Å². The number of ether oxygens (including phenoxy) is 1. The number of para-hydroxylation sites is 1. The maximum atomic E-state index is 10.5. The third-order valence-corrected chi connectivity index (χ3v) is 3.65. The average Bonchev–Trinajstić information content (AvgIpc) is 2.47. The quantitative estimate of drug-likeness (QED) is 0.900. The van der Waals surface area contributed by atoms with Crippen molar-refractivity contribution >= 4 is 17.0 Å². The van der Waals surface area contributed by atoms with Gasteiger partial charge in [0.2, 0.25) is 5.95 Å². The first kappa shape index (κ1) is 13.2. The van der Waals surface area contributed by atoms with Crippen molar-refractivity contribution in [3.8, 4) is 0 Å². The normalized spacial score (nSPS) is 18.1. The number of aromatic nitrogens is 3. The van der Waals surface area contributed by atoms with Crippen LogP contribution in [0.25, 0.3) is 11.0 Å². The molecular weight excluding hydrogens is 256 g/mol. The van der Waals surface area contributed by atoms with Crippen molar-refractivity contribution in [3.05, 3.63) is 24.3 Å². The molecule has 6 heteroatoms. The van der Waals surface area contributed by atoms with E-state index in [9.17, 15) is 5.11 Å². The first-order valence-electron chi connectivity index (χ1n) is 6.77. The highest BCUT2D eigenvalue weighted by atomic mass is 16.5. The number of fused-ring (bicyclic) bond motifs is 1. The van der Waals surface area contributed by atoms with Crippen molar-refractivity contribution in [3.63, 3.8) is 0 Å². The van der Waals surface area contributed by atoms with Gasteiger partial charge in [-0.1, -0.05) is 12.1 Å². The van der Waals surface area contributed by atoms with E-state index in [1.54, 1.807) is 0 Å². The van der Waals surface area contributed by atoms with Crippen molar-refractivity contribution in [2.45, 2.75) is 18.4 Å². The summed E-state index contributed by atoms with van der Waals surface area (Å²) in [6, 6.07) is 7.62. The smallest absolute Gasteiger partial charge is 0.245 e. The molecule has 1 aliphatic heterocycles. The Morgan fingerprint density at radius 2 is 1.90 bits per heavy atom. The standard InChI is InChI=1S/C14H18N4O2/c1-18(10-14(19)6-8-20-9-7-14)13-15-11-4-2-3-5-12(11)16-17-13/h2-5,19H,6-10H2,1H3. The molecule has 1 aromatic heterocycles. The van der Waals surface area contributed by atoms with E-state index in [2.05, 4.69) is 15.2 Å². The fraction of sp³-hybridized carbons (Fsp3) is 0.500. The zero-order valence-electron chi connectivity index (χ0n) is 11.5. The van der Waals surface area contributed by atoms with Gasteiger partial charge in [-0.2, -0.15) is 0 Å². The van der Waals surface area contributed by atoms with Crippen LogP contribution in [0.3, 0.4) is 0 Å². The van der Waals surface area contributed by atoms with Gasteiger partial charge in [-0.15, -0.1) is 10.2 Å². The first-order chi connectivity index (χ1) is 9.66. The van der Waals surface area contributed by atoms with Crippen LogP contribution in [-0.4, -0.2) is 52.7 Å². The van der Waals surface area contributed by atoms with Gasteiger partial charge in [0.1, 0.15) is 5.52 Å². The second-order valence-corrected chi connectivity index (χ2v) is 5.29. The van der Waals surface area contributed by atoms with Crippen molar-refractivity contribution in [1.82, 2.24) is 15.2 Å². The van der Waals surface area contributed by atoms with Gasteiger partial charge in [-0.3, -0.25) is 0 Å². The van der Waals surface area contributed by atoms with Crippen LogP contribution < -0.4 is 4.90 Å². The minimum Gasteiger partial charge on any atom is -0.388 e. The number of hydrogen-bond donors (Lipinski definition) is 1. The summed E-state index contributed by atoms with van der Waals surface area (Å²) in [7, 11) is 1.87. The molecule has 0 amide bonds. The van der Waals surface area contributed by atoms with Gasteiger partial charge in [0.05, 0.1) is 11.1 Å². The van der Waals surface area contributed by atoms with Gasteiger partial charge in [0, 0.05) is 39.6 Å². The molecule has 0 bridgehead atoms. The number of rotatable bonds is 3. The predicted molar refractivity (Wildman–Crippen MR) is 75.6 cm³/mol. The van der Waals surface area contributed by atoms with Crippen LogP contribution in [0.4, 0.5) is 5.95 Å². The van der Waals surface area contributed by atoms with Gasteiger partial charge in [-0.05, 0) is 12.1 Å². The molecule has 2 heterocycles. The molecule has 106 valence electrons. The summed E-state index contributed by atoms with van der Waals surface area (Å²) >= 11 is 0. The number of hydrogen-bond acceptors (Lipinski definition) is 6. The Kier molecular flexibility index (Phi) is 3.50. The Labute approximate surface area is 117 Å². The van der Waals surface area contributed by atoms with E-state index >= 15 is 0 Å². The van der Waals surface area contributed by atoms with E-state index < -0.39 is 5.60 Å². The fourth-order valence-corrected chi connectivity index (χ4v) is 2.46. The highest BCUT2D eigenvalue weighted by Crippen LogP contribution is 2.23. The third kappa shape index (κ3) is 2.71. The zero-order chi connectivity index (χ0) is 14.0. The van der Waals surface area contributed by atoms with Crippen LogP contribution in [0.2, 0.25) is 0 Å². The van der Waals surface area contributed by atoms with Crippen molar-refractivity contribution in [2.75, 3.05) is 31.7 Å². The lowest BCUT2D eigenvalue weighted by atomic mass is 9.94. The summed E-state index contributed by atoms with van der Waals surface area (Å²) in [5, 5.41) is 18.8. The number of anilines is 1. The summed E-state index contributed by atoms with van der Waals surface area (Å²) in [4.78, 5) is 6.33. The molecule has 1 saturated heterocycles. The summed E-state index contributed by atoms with van der Waals surface area (Å²) in [5.74, 6) is 0.531. The summed E-state index contributed by atoms with van der Waals surface area (Å²) < 4.78 is 5.29. The van der Waals surface area contributed by atoms with Crippen molar-refractivity contribution in [2.24, 2.45) is 0 Å². The van der Waals surface area contributed by atoms with E-state index in [0.717, 1.165) is 11.0 Å². The van der Waals surface area contributed by atoms with E-state index in [0.29, 0.717) is 38.5 Å². The Balaban J connectivity index is 1.79. The molecular formula is C14H18N4O2. The van der Waals surface area contributed by atoms with E-state index in [1.165, 1.54) is 0 Å². The number of likely N-dealkylation sites (N-methyl/N-ethyl adjacent to an activating group) is 1. The molecule has 6 nitrogen and oxygen atoms in total. The molecule has 2 aromatic rings. The molecule has 0 spiro atoms. The van der Waals surface area contributed by atoms with Gasteiger partial charge >= 0.3 is 0 Å². The minimum absolute atomic E-state index is 0.483. The molecule has 1 aromatic carbocycles. The Morgan fingerprint density at radius 3 is 2.65 bits per heavy atom. The number of benzene rings is 1. The molecule has 1 N–H and O–H groups in total. The lowest BCUT2D eigenvalue weighted by Crippen LogP contribution is -2.46. The molecule has 0 saturated carbocycles. The largest absolute Gasteiger partial charge is 0.388 e. The van der Waals surface area contributed by atoms with E-state index in [1.807, 2.05) is 36.2 Å². The fourth-order valence-electron chi connectivity index (χ4n) is 2.46. The van der Waals surface area contributed by atoms with Crippen molar-refractivity contribution in [1.29, 1.82) is 0 Å². The van der Waals surface area contributed by atoms with Gasteiger partial charge in [-0.25, -0.2) is 4.98 Å². The first-order valence-corrected chi connectivity index (χ1v) is 6.77. The molecule has 3 rings (SSSR count). The monoisotopic (exact) mass is 274 g/mol. The van der Waals surface area contributed by atoms with Gasteiger partial charge in [0.25, 0.3) is 0 Å². The molecule has 20 heavy (non-hydrogen) atoms. The van der Waals surface area contributed by atoms with Crippen LogP contribution in [0.5, 0.6) is 0 Å². The summed E-state index contributed by atoms with van der Waals surface area (Å²) in [6.45, 7) is 1.68. The molecule has 1 aliphatic rings. The van der Waals surface area contributed by atoms with Crippen LogP contribution in [-0.2, 0) is 4.74 Å². The average molecular weight is 274 g/mol. The van der Waals surface area contributed by atoms with Gasteiger partial charge in [0.15, 0.2) is 0 Å². The summed E-state index contributed by atoms with van der Waals surface area (Å²) in [6.07, 6.45) is 1.27. The van der Waals surface area contributed by atoms with Crippen molar-refractivity contribution < 1.29 is 9.84 Å². The minimum atomic E-state index is -0.734. The maximum Gasteiger partial charge on any atom is 0.245 e. The zero-order valence-corrected chi connectivity index (χ0v) is 11.5. The predicted octanol–water partition coefficient (Wildman–Crippen LogP) is 1.00. The van der Waals surface area contributed by atoms with Gasteiger partial charge < -0.3 is 14.7 Å². The number of aliphatic hydroxyl groups is 1. The highest BCUT2D eigenvalue weighted by Gasteiger charge is 2.31. The Bertz CT molecular complexity index is 598. The SMILES string of the molecule is CN(CC1(O)CCOCC1)c1nnc2ccccc2n1. The topological polar surface area (TPSA) is 71.4 Å². The van der Waals surface area contributed by atoms with Crippen LogP contribution in [0.15, 0.2) is 24.3 Å². The molecule has 0 atom stereocenters. The highest BCUT2D eigenvalue weighted by molar-refractivity contribution is 5.74. The molecule has 1 fully saturated rings.